The number of oxime groups is 1. The van der Waals surface area contributed by atoms with E-state index in [2.05, 4.69) is 37.8 Å². The fourth-order valence-corrected chi connectivity index (χ4v) is 2.19. The van der Waals surface area contributed by atoms with E-state index in [1.165, 1.54) is 0 Å². The van der Waals surface area contributed by atoms with Crippen LogP contribution in [0.25, 0.3) is 0 Å². The molecule has 0 aliphatic carbocycles. The van der Waals surface area contributed by atoms with E-state index >= 15 is 0 Å². The van der Waals surface area contributed by atoms with E-state index in [9.17, 15) is 0 Å². The predicted molar refractivity (Wildman–Crippen MR) is 73.4 cm³/mol. The Morgan fingerprint density at radius 3 is 2.06 bits per heavy atom. The molecule has 4 heteroatoms. The third kappa shape index (κ3) is 5.91. The lowest BCUT2D eigenvalue weighted by molar-refractivity contribution is 0.155. The van der Waals surface area contributed by atoms with E-state index in [1.54, 1.807) is 0 Å². The molecule has 0 aliphatic rings. The van der Waals surface area contributed by atoms with Crippen molar-refractivity contribution >= 4 is 5.84 Å². The molecule has 0 fully saturated rings. The SMILES string of the molecule is CCC(CC)N(CC(C)C)CC(C)C(N)=NO. The van der Waals surface area contributed by atoms with Crippen molar-refractivity contribution in [2.75, 3.05) is 13.1 Å². The number of nitrogens with zero attached hydrogens (tertiary/aromatic N) is 2. The van der Waals surface area contributed by atoms with Crippen LogP contribution in [0.4, 0.5) is 0 Å². The Balaban J connectivity index is 4.57. The Morgan fingerprint density at radius 2 is 1.71 bits per heavy atom. The third-order valence-corrected chi connectivity index (χ3v) is 3.19. The Kier molecular flexibility index (Phi) is 7.96. The van der Waals surface area contributed by atoms with Gasteiger partial charge in [-0.2, -0.15) is 0 Å². The summed E-state index contributed by atoms with van der Waals surface area (Å²) in [5.41, 5.74) is 5.65. The molecule has 0 spiro atoms. The zero-order valence-electron chi connectivity index (χ0n) is 12.0. The lowest BCUT2D eigenvalue weighted by atomic mass is 10.0. The normalized spacial score (nSPS) is 14.9. The lowest BCUT2D eigenvalue weighted by Gasteiger charge is -2.33. The minimum atomic E-state index is 0.0966. The monoisotopic (exact) mass is 243 g/mol. The predicted octanol–water partition coefficient (Wildman–Crippen LogP) is 2.52. The van der Waals surface area contributed by atoms with Gasteiger partial charge in [-0.05, 0) is 18.8 Å². The minimum absolute atomic E-state index is 0.0966. The van der Waals surface area contributed by atoms with E-state index in [4.69, 9.17) is 10.9 Å². The van der Waals surface area contributed by atoms with Gasteiger partial charge in [0.05, 0.1) is 0 Å². The average Bonchev–Trinajstić information content (AvgIpc) is 2.28. The van der Waals surface area contributed by atoms with E-state index in [0.29, 0.717) is 17.8 Å². The van der Waals surface area contributed by atoms with E-state index < -0.39 is 0 Å². The summed E-state index contributed by atoms with van der Waals surface area (Å²) >= 11 is 0. The van der Waals surface area contributed by atoms with Crippen molar-refractivity contribution in [3.63, 3.8) is 0 Å². The standard InChI is InChI=1S/C13H29N3O/c1-6-12(7-2)16(8-10(3)4)9-11(5)13(14)15-17/h10-12,17H,6-9H2,1-5H3,(H2,14,15). The zero-order chi connectivity index (χ0) is 13.4. The van der Waals surface area contributed by atoms with Gasteiger partial charge in [0.2, 0.25) is 0 Å². The van der Waals surface area contributed by atoms with Crippen LogP contribution in [0, 0.1) is 11.8 Å². The first-order valence-corrected chi connectivity index (χ1v) is 6.67. The molecule has 4 nitrogen and oxygen atoms in total. The number of hydrogen-bond acceptors (Lipinski definition) is 3. The van der Waals surface area contributed by atoms with E-state index in [0.717, 1.165) is 25.9 Å². The van der Waals surface area contributed by atoms with Gasteiger partial charge in [0.15, 0.2) is 0 Å². The largest absolute Gasteiger partial charge is 0.409 e. The van der Waals surface area contributed by atoms with Crippen LogP contribution in [-0.4, -0.2) is 35.1 Å². The molecule has 3 N–H and O–H groups in total. The molecule has 17 heavy (non-hydrogen) atoms. The van der Waals surface area contributed by atoms with Crippen LogP contribution in [0.15, 0.2) is 5.16 Å². The van der Waals surface area contributed by atoms with Crippen molar-refractivity contribution in [3.8, 4) is 0 Å². The second-order valence-corrected chi connectivity index (χ2v) is 5.24. The molecule has 0 saturated heterocycles. The molecular formula is C13H29N3O. The topological polar surface area (TPSA) is 61.8 Å². The second kappa shape index (κ2) is 8.34. The van der Waals surface area contributed by atoms with Crippen LogP contribution >= 0.6 is 0 Å². The molecule has 0 aromatic rings. The molecule has 1 atom stereocenters. The van der Waals surface area contributed by atoms with Crippen LogP contribution in [0.5, 0.6) is 0 Å². The lowest BCUT2D eigenvalue weighted by Crippen LogP contribution is -2.42. The molecule has 0 amide bonds. The van der Waals surface area contributed by atoms with Crippen LogP contribution in [-0.2, 0) is 0 Å². The highest BCUT2D eigenvalue weighted by Crippen LogP contribution is 2.14. The molecule has 0 bridgehead atoms. The average molecular weight is 243 g/mol. The molecule has 0 aliphatic heterocycles. The van der Waals surface area contributed by atoms with E-state index in [-0.39, 0.29) is 5.92 Å². The number of rotatable bonds is 8. The summed E-state index contributed by atoms with van der Waals surface area (Å²) in [5.74, 6) is 1.05. The fourth-order valence-electron chi connectivity index (χ4n) is 2.19. The van der Waals surface area contributed by atoms with Crippen LogP contribution in [0.2, 0.25) is 0 Å². The van der Waals surface area contributed by atoms with Gasteiger partial charge in [-0.25, -0.2) is 0 Å². The van der Waals surface area contributed by atoms with Gasteiger partial charge in [-0.3, -0.25) is 4.90 Å². The maximum absolute atomic E-state index is 8.70. The molecule has 0 radical (unpaired) electrons. The quantitative estimate of drug-likeness (QED) is 0.298. The van der Waals surface area contributed by atoms with Crippen molar-refractivity contribution in [1.29, 1.82) is 0 Å². The molecule has 1 unspecified atom stereocenters. The third-order valence-electron chi connectivity index (χ3n) is 3.19. The summed E-state index contributed by atoms with van der Waals surface area (Å²) in [5, 5.41) is 11.8. The molecule has 0 aromatic carbocycles. The summed E-state index contributed by atoms with van der Waals surface area (Å²) in [7, 11) is 0. The highest BCUT2D eigenvalue weighted by molar-refractivity contribution is 5.82. The first kappa shape index (κ1) is 16.2. The maximum atomic E-state index is 8.70. The van der Waals surface area contributed by atoms with Crippen molar-refractivity contribution in [1.82, 2.24) is 4.90 Å². The van der Waals surface area contributed by atoms with Crippen molar-refractivity contribution in [2.24, 2.45) is 22.7 Å². The molecule has 0 rings (SSSR count). The van der Waals surface area contributed by atoms with Gasteiger partial charge in [0, 0.05) is 25.0 Å². The second-order valence-electron chi connectivity index (χ2n) is 5.24. The molecule has 0 saturated carbocycles. The van der Waals surface area contributed by atoms with Crippen molar-refractivity contribution < 1.29 is 5.21 Å². The van der Waals surface area contributed by atoms with Gasteiger partial charge in [-0.15, -0.1) is 0 Å². The van der Waals surface area contributed by atoms with Gasteiger partial charge >= 0.3 is 0 Å². The van der Waals surface area contributed by atoms with Gasteiger partial charge in [-0.1, -0.05) is 39.8 Å². The van der Waals surface area contributed by atoms with Gasteiger partial charge < -0.3 is 10.9 Å². The minimum Gasteiger partial charge on any atom is -0.409 e. The summed E-state index contributed by atoms with van der Waals surface area (Å²) in [6, 6.07) is 0.589. The Bertz CT molecular complexity index is 225. The molecular weight excluding hydrogens is 214 g/mol. The summed E-state index contributed by atoms with van der Waals surface area (Å²) in [6.45, 7) is 12.8. The first-order chi connectivity index (χ1) is 7.96. The fraction of sp³-hybridized carbons (Fsp3) is 0.923. The van der Waals surface area contributed by atoms with E-state index in [1.807, 2.05) is 6.92 Å². The van der Waals surface area contributed by atoms with Gasteiger partial charge in [0.1, 0.15) is 5.84 Å². The summed E-state index contributed by atoms with van der Waals surface area (Å²) in [6.07, 6.45) is 2.29. The van der Waals surface area contributed by atoms with Gasteiger partial charge in [0.25, 0.3) is 0 Å². The summed E-state index contributed by atoms with van der Waals surface area (Å²) in [4.78, 5) is 2.47. The molecule has 0 aromatic heterocycles. The Labute approximate surface area is 106 Å². The zero-order valence-corrected chi connectivity index (χ0v) is 12.0. The number of hydrogen-bond donors (Lipinski definition) is 2. The molecule has 102 valence electrons. The Hall–Kier alpha value is -0.770. The Morgan fingerprint density at radius 1 is 1.18 bits per heavy atom. The van der Waals surface area contributed by atoms with Crippen LogP contribution < -0.4 is 5.73 Å². The van der Waals surface area contributed by atoms with Crippen LogP contribution in [0.3, 0.4) is 0 Å². The van der Waals surface area contributed by atoms with Crippen molar-refractivity contribution in [3.05, 3.63) is 0 Å². The maximum Gasteiger partial charge on any atom is 0.143 e. The van der Waals surface area contributed by atoms with Crippen molar-refractivity contribution in [2.45, 2.75) is 53.5 Å². The highest BCUT2D eigenvalue weighted by Gasteiger charge is 2.20. The molecule has 0 heterocycles. The van der Waals surface area contributed by atoms with Crippen LogP contribution in [0.1, 0.15) is 47.5 Å². The smallest absolute Gasteiger partial charge is 0.143 e. The summed E-state index contributed by atoms with van der Waals surface area (Å²) < 4.78 is 0. The number of amidine groups is 1. The first-order valence-electron chi connectivity index (χ1n) is 6.67. The highest BCUT2D eigenvalue weighted by atomic mass is 16.4. The number of nitrogens with two attached hydrogens (primary N) is 1.